The fraction of sp³-hybridized carbons (Fsp3) is 0.0769. The van der Waals surface area contributed by atoms with Crippen LogP contribution < -0.4 is 10.5 Å². The Labute approximate surface area is 112 Å². The quantitative estimate of drug-likeness (QED) is 0.915. The molecule has 0 saturated carbocycles. The molecule has 2 rings (SSSR count). The first-order valence-corrected chi connectivity index (χ1v) is 5.41. The Morgan fingerprint density at radius 3 is 2.40 bits per heavy atom. The van der Waals surface area contributed by atoms with Crippen LogP contribution in [0.2, 0.25) is 0 Å². The third kappa shape index (κ3) is 2.98. The van der Waals surface area contributed by atoms with Crippen molar-refractivity contribution >= 4 is 5.69 Å². The van der Waals surface area contributed by atoms with Gasteiger partial charge in [-0.1, -0.05) is 0 Å². The number of nitrogen functional groups attached to an aromatic ring is 1. The summed E-state index contributed by atoms with van der Waals surface area (Å²) in [5, 5.41) is 8.90. The van der Waals surface area contributed by atoms with Crippen LogP contribution in [0.3, 0.4) is 0 Å². The molecule has 7 heteroatoms. The normalized spacial score (nSPS) is 10.9. The van der Waals surface area contributed by atoms with Gasteiger partial charge in [0.05, 0.1) is 17.4 Å². The number of aromatic nitrogens is 1. The molecule has 0 aliphatic rings. The minimum absolute atomic E-state index is 0.0125. The standard InChI is InChI=1S/C13H8F3N3O/c14-13(15,16)9-1-3-11(4-2-9)20-12-8(6-17)5-10(18)7-19-12/h1-5,7H,18H2. The Balaban J connectivity index is 2.25. The highest BCUT2D eigenvalue weighted by molar-refractivity contribution is 5.49. The summed E-state index contributed by atoms with van der Waals surface area (Å²) in [5.41, 5.74) is 5.08. The van der Waals surface area contributed by atoms with Crippen molar-refractivity contribution < 1.29 is 17.9 Å². The van der Waals surface area contributed by atoms with Gasteiger partial charge in [0.15, 0.2) is 0 Å². The van der Waals surface area contributed by atoms with Crippen molar-refractivity contribution in [3.63, 3.8) is 0 Å². The third-order valence-corrected chi connectivity index (χ3v) is 2.39. The predicted octanol–water partition coefficient (Wildman–Crippen LogP) is 3.35. The second-order valence-corrected chi connectivity index (χ2v) is 3.86. The van der Waals surface area contributed by atoms with Crippen LogP contribution in [0.5, 0.6) is 11.6 Å². The second-order valence-electron chi connectivity index (χ2n) is 3.86. The molecule has 1 aromatic heterocycles. The summed E-state index contributed by atoms with van der Waals surface area (Å²) < 4.78 is 42.5. The molecule has 0 radical (unpaired) electrons. The van der Waals surface area contributed by atoms with Crippen LogP contribution in [0.4, 0.5) is 18.9 Å². The molecule has 1 aromatic carbocycles. The number of benzene rings is 1. The molecule has 1 heterocycles. The molecule has 0 fully saturated rings. The Morgan fingerprint density at radius 2 is 1.85 bits per heavy atom. The molecule has 0 aliphatic heterocycles. The summed E-state index contributed by atoms with van der Waals surface area (Å²) in [4.78, 5) is 3.82. The average Bonchev–Trinajstić information content (AvgIpc) is 2.40. The lowest BCUT2D eigenvalue weighted by molar-refractivity contribution is -0.137. The van der Waals surface area contributed by atoms with E-state index in [2.05, 4.69) is 4.98 Å². The van der Waals surface area contributed by atoms with Gasteiger partial charge in [-0.2, -0.15) is 18.4 Å². The molecule has 2 aromatic rings. The topological polar surface area (TPSA) is 71.9 Å². The number of hydrogen-bond donors (Lipinski definition) is 1. The lowest BCUT2D eigenvalue weighted by Crippen LogP contribution is -2.04. The van der Waals surface area contributed by atoms with Crippen molar-refractivity contribution in [3.8, 4) is 17.7 Å². The first-order chi connectivity index (χ1) is 9.40. The number of alkyl halides is 3. The molecule has 102 valence electrons. The van der Waals surface area contributed by atoms with Gasteiger partial charge < -0.3 is 10.5 Å². The van der Waals surface area contributed by atoms with Crippen molar-refractivity contribution in [3.05, 3.63) is 47.7 Å². The molecule has 20 heavy (non-hydrogen) atoms. The molecule has 0 bridgehead atoms. The molecule has 4 nitrogen and oxygen atoms in total. The van der Waals surface area contributed by atoms with Crippen LogP contribution in [-0.4, -0.2) is 4.98 Å². The van der Waals surface area contributed by atoms with Crippen molar-refractivity contribution in [2.75, 3.05) is 5.73 Å². The Bertz CT molecular complexity index is 660. The van der Waals surface area contributed by atoms with E-state index in [0.29, 0.717) is 5.69 Å². The summed E-state index contributed by atoms with van der Waals surface area (Å²) in [5.74, 6) is 0.133. The SMILES string of the molecule is N#Cc1cc(N)cnc1Oc1ccc(C(F)(F)F)cc1. The average molecular weight is 279 g/mol. The van der Waals surface area contributed by atoms with E-state index in [1.165, 1.54) is 12.3 Å². The number of nitrogens with two attached hydrogens (primary N) is 1. The molecule has 0 atom stereocenters. The first-order valence-electron chi connectivity index (χ1n) is 5.41. The number of halogens is 3. The molecular formula is C13H8F3N3O. The van der Waals surface area contributed by atoms with E-state index in [9.17, 15) is 13.2 Å². The van der Waals surface area contributed by atoms with Gasteiger partial charge in [-0.25, -0.2) is 4.98 Å². The number of pyridine rings is 1. The summed E-state index contributed by atoms with van der Waals surface area (Å²) in [6.45, 7) is 0. The first kappa shape index (κ1) is 13.7. The summed E-state index contributed by atoms with van der Waals surface area (Å²) >= 11 is 0. The van der Waals surface area contributed by atoms with Crippen molar-refractivity contribution in [1.82, 2.24) is 4.98 Å². The van der Waals surface area contributed by atoms with E-state index in [1.54, 1.807) is 0 Å². The second kappa shape index (κ2) is 5.09. The number of nitriles is 1. The van der Waals surface area contributed by atoms with E-state index in [0.717, 1.165) is 24.3 Å². The van der Waals surface area contributed by atoms with E-state index in [1.807, 2.05) is 6.07 Å². The van der Waals surface area contributed by atoms with Gasteiger partial charge in [0.25, 0.3) is 0 Å². The molecule has 0 aliphatic carbocycles. The monoisotopic (exact) mass is 279 g/mol. The Morgan fingerprint density at radius 1 is 1.20 bits per heavy atom. The highest BCUT2D eigenvalue weighted by atomic mass is 19.4. The Kier molecular flexibility index (Phi) is 3.48. The van der Waals surface area contributed by atoms with Crippen molar-refractivity contribution in [2.24, 2.45) is 0 Å². The smallest absolute Gasteiger partial charge is 0.416 e. The van der Waals surface area contributed by atoms with E-state index in [4.69, 9.17) is 15.7 Å². The van der Waals surface area contributed by atoms with E-state index >= 15 is 0 Å². The maximum absolute atomic E-state index is 12.4. The highest BCUT2D eigenvalue weighted by Crippen LogP contribution is 2.31. The summed E-state index contributed by atoms with van der Waals surface area (Å²) in [7, 11) is 0. The number of anilines is 1. The highest BCUT2D eigenvalue weighted by Gasteiger charge is 2.30. The maximum atomic E-state index is 12.4. The lowest BCUT2D eigenvalue weighted by atomic mass is 10.2. The number of nitrogens with zero attached hydrogens (tertiary/aromatic N) is 2. The van der Waals surface area contributed by atoms with E-state index < -0.39 is 11.7 Å². The maximum Gasteiger partial charge on any atom is 0.416 e. The predicted molar refractivity (Wildman–Crippen MR) is 64.9 cm³/mol. The zero-order valence-corrected chi connectivity index (χ0v) is 9.98. The van der Waals surface area contributed by atoms with Gasteiger partial charge in [0.1, 0.15) is 17.4 Å². The van der Waals surface area contributed by atoms with Gasteiger partial charge in [0, 0.05) is 0 Å². The Hall–Kier alpha value is -2.75. The molecular weight excluding hydrogens is 271 g/mol. The van der Waals surface area contributed by atoms with Gasteiger partial charge in [-0.05, 0) is 30.3 Å². The van der Waals surface area contributed by atoms with Crippen molar-refractivity contribution in [1.29, 1.82) is 5.26 Å². The molecule has 0 unspecified atom stereocenters. The zero-order chi connectivity index (χ0) is 14.8. The van der Waals surface area contributed by atoms with Crippen LogP contribution in [0.15, 0.2) is 36.5 Å². The lowest BCUT2D eigenvalue weighted by Gasteiger charge is -2.09. The number of ether oxygens (including phenoxy) is 1. The molecule has 0 amide bonds. The van der Waals surface area contributed by atoms with E-state index in [-0.39, 0.29) is 17.2 Å². The van der Waals surface area contributed by atoms with Crippen LogP contribution in [0.25, 0.3) is 0 Å². The third-order valence-electron chi connectivity index (χ3n) is 2.39. The van der Waals surface area contributed by atoms with Crippen molar-refractivity contribution in [2.45, 2.75) is 6.18 Å². The number of rotatable bonds is 2. The molecule has 0 spiro atoms. The summed E-state index contributed by atoms with van der Waals surface area (Å²) in [6, 6.07) is 7.30. The van der Waals surface area contributed by atoms with Gasteiger partial charge in [-0.3, -0.25) is 0 Å². The minimum Gasteiger partial charge on any atom is -0.438 e. The molecule has 2 N–H and O–H groups in total. The van der Waals surface area contributed by atoms with Crippen LogP contribution in [0, 0.1) is 11.3 Å². The van der Waals surface area contributed by atoms with Gasteiger partial charge in [0.2, 0.25) is 5.88 Å². The zero-order valence-electron chi connectivity index (χ0n) is 9.98. The fourth-order valence-corrected chi connectivity index (χ4v) is 1.45. The van der Waals surface area contributed by atoms with Crippen LogP contribution >= 0.6 is 0 Å². The van der Waals surface area contributed by atoms with Gasteiger partial charge in [-0.15, -0.1) is 0 Å². The summed E-state index contributed by atoms with van der Waals surface area (Å²) in [6.07, 6.45) is -3.12. The fourth-order valence-electron chi connectivity index (χ4n) is 1.45. The number of hydrogen-bond acceptors (Lipinski definition) is 4. The van der Waals surface area contributed by atoms with Crippen LogP contribution in [-0.2, 0) is 6.18 Å². The van der Waals surface area contributed by atoms with Crippen LogP contribution in [0.1, 0.15) is 11.1 Å². The molecule has 0 saturated heterocycles. The van der Waals surface area contributed by atoms with Gasteiger partial charge >= 0.3 is 6.18 Å². The minimum atomic E-state index is -4.41. The largest absolute Gasteiger partial charge is 0.438 e.